The molecule has 0 radical (unpaired) electrons. The molecule has 3 heteroatoms. The number of nitrogens with zero attached hydrogens (tertiary/aromatic N) is 1. The Hall–Kier alpha value is -0.860. The summed E-state index contributed by atoms with van der Waals surface area (Å²) in [6.45, 7) is 6.35. The van der Waals surface area contributed by atoms with Crippen LogP contribution in [0.2, 0.25) is 0 Å². The second-order valence-corrected chi connectivity index (χ2v) is 1.78. The Balaban J connectivity index is 3.82. The molecule has 0 aliphatic heterocycles. The van der Waals surface area contributed by atoms with Crippen molar-refractivity contribution in [2.24, 2.45) is 4.99 Å². The summed E-state index contributed by atoms with van der Waals surface area (Å²) in [4.78, 5) is 14.7. The molecule has 0 fully saturated rings. The summed E-state index contributed by atoms with van der Waals surface area (Å²) in [5.41, 5.74) is 0.448. The van der Waals surface area contributed by atoms with Crippen molar-refractivity contribution in [3.8, 4) is 0 Å². The number of carbonyl (C=O) groups is 1. The fourth-order valence-electron chi connectivity index (χ4n) is 0.537. The van der Waals surface area contributed by atoms with Crippen LogP contribution in [0.25, 0.3) is 0 Å². The van der Waals surface area contributed by atoms with Crippen LogP contribution in [0.4, 0.5) is 0 Å². The highest BCUT2D eigenvalue weighted by Gasteiger charge is 2.03. The third-order valence-electron chi connectivity index (χ3n) is 0.966. The van der Waals surface area contributed by atoms with Gasteiger partial charge in [0.2, 0.25) is 0 Å². The first-order valence-corrected chi connectivity index (χ1v) is 3.40. The van der Waals surface area contributed by atoms with E-state index < -0.39 is 0 Å². The summed E-state index contributed by atoms with van der Waals surface area (Å²) >= 11 is 0. The minimum absolute atomic E-state index is 0.315. The van der Waals surface area contributed by atoms with Gasteiger partial charge in [-0.05, 0) is 20.8 Å². The van der Waals surface area contributed by atoms with Crippen molar-refractivity contribution in [1.29, 1.82) is 0 Å². The minimum atomic E-state index is -0.315. The molecule has 0 saturated heterocycles. The third-order valence-corrected chi connectivity index (χ3v) is 0.966. The number of hydrogen-bond acceptors (Lipinski definition) is 3. The van der Waals surface area contributed by atoms with Crippen LogP contribution >= 0.6 is 0 Å². The zero-order valence-corrected chi connectivity index (χ0v) is 6.68. The van der Waals surface area contributed by atoms with Gasteiger partial charge in [-0.3, -0.25) is 4.99 Å². The van der Waals surface area contributed by atoms with Crippen LogP contribution in [-0.2, 0) is 9.53 Å². The van der Waals surface area contributed by atoms with E-state index >= 15 is 0 Å². The predicted molar refractivity (Wildman–Crippen MR) is 40.3 cm³/mol. The number of rotatable bonds is 3. The molecule has 0 aromatic rings. The Morgan fingerprint density at radius 2 is 2.10 bits per heavy atom. The van der Waals surface area contributed by atoms with Crippen molar-refractivity contribution in [3.63, 3.8) is 0 Å². The van der Waals surface area contributed by atoms with Crippen LogP contribution in [0, 0.1) is 0 Å². The smallest absolute Gasteiger partial charge is 0.351 e. The van der Waals surface area contributed by atoms with Crippen molar-refractivity contribution >= 4 is 11.7 Å². The second kappa shape index (κ2) is 4.97. The molecule has 3 nitrogen and oxygen atoms in total. The highest BCUT2D eigenvalue weighted by atomic mass is 16.5. The van der Waals surface area contributed by atoms with Crippen LogP contribution < -0.4 is 0 Å². The van der Waals surface area contributed by atoms with Crippen molar-refractivity contribution in [1.82, 2.24) is 0 Å². The SMILES string of the molecule is CCN=C(C)C(=O)OCC. The average Bonchev–Trinajstić information content (AvgIpc) is 1.89. The Morgan fingerprint density at radius 1 is 1.50 bits per heavy atom. The molecule has 0 saturated carbocycles. The molecule has 0 aromatic carbocycles. The van der Waals surface area contributed by atoms with Crippen LogP contribution in [0.5, 0.6) is 0 Å². The Labute approximate surface area is 61.1 Å². The summed E-state index contributed by atoms with van der Waals surface area (Å²) in [6, 6.07) is 0. The lowest BCUT2D eigenvalue weighted by Crippen LogP contribution is -2.14. The maximum absolute atomic E-state index is 10.8. The van der Waals surface area contributed by atoms with Gasteiger partial charge < -0.3 is 4.74 Å². The van der Waals surface area contributed by atoms with Crippen molar-refractivity contribution in [2.45, 2.75) is 20.8 Å². The molecule has 0 heterocycles. The zero-order valence-electron chi connectivity index (χ0n) is 6.68. The quantitative estimate of drug-likeness (QED) is 0.437. The van der Waals surface area contributed by atoms with Gasteiger partial charge >= 0.3 is 5.97 Å². The van der Waals surface area contributed by atoms with E-state index in [2.05, 4.69) is 9.73 Å². The van der Waals surface area contributed by atoms with E-state index in [1.54, 1.807) is 13.8 Å². The zero-order chi connectivity index (χ0) is 7.98. The second-order valence-electron chi connectivity index (χ2n) is 1.78. The lowest BCUT2D eigenvalue weighted by molar-refractivity contribution is -0.135. The number of esters is 1. The van der Waals surface area contributed by atoms with Crippen LogP contribution in [-0.4, -0.2) is 24.8 Å². The lowest BCUT2D eigenvalue weighted by Gasteiger charge is -1.98. The first-order chi connectivity index (χ1) is 4.72. The molecule has 0 N–H and O–H groups in total. The van der Waals surface area contributed by atoms with E-state index in [1.807, 2.05) is 6.92 Å². The standard InChI is InChI=1S/C7H13NO2/c1-4-8-6(3)7(9)10-5-2/h4-5H2,1-3H3. The lowest BCUT2D eigenvalue weighted by atomic mass is 10.4. The van der Waals surface area contributed by atoms with E-state index in [0.717, 1.165) is 0 Å². The number of carbonyl (C=O) groups excluding carboxylic acids is 1. The molecular weight excluding hydrogens is 130 g/mol. The summed E-state index contributed by atoms with van der Waals surface area (Å²) < 4.78 is 4.69. The van der Waals surface area contributed by atoms with Crippen molar-refractivity contribution in [3.05, 3.63) is 0 Å². The first-order valence-electron chi connectivity index (χ1n) is 3.40. The first kappa shape index (κ1) is 9.14. The minimum Gasteiger partial charge on any atom is -0.462 e. The van der Waals surface area contributed by atoms with Gasteiger partial charge in [0.25, 0.3) is 0 Å². The van der Waals surface area contributed by atoms with Crippen LogP contribution in [0.1, 0.15) is 20.8 Å². The summed E-state index contributed by atoms with van der Waals surface area (Å²) in [6.07, 6.45) is 0. The normalized spacial score (nSPS) is 11.3. The molecule has 58 valence electrons. The fourth-order valence-corrected chi connectivity index (χ4v) is 0.537. The molecule has 0 spiro atoms. The predicted octanol–water partition coefficient (Wildman–Crippen LogP) is 1.03. The topological polar surface area (TPSA) is 38.7 Å². The van der Waals surface area contributed by atoms with E-state index in [0.29, 0.717) is 18.9 Å². The summed E-state index contributed by atoms with van der Waals surface area (Å²) in [5, 5.41) is 0. The summed E-state index contributed by atoms with van der Waals surface area (Å²) in [7, 11) is 0. The van der Waals surface area contributed by atoms with Gasteiger partial charge in [0.15, 0.2) is 0 Å². The van der Waals surface area contributed by atoms with E-state index in [-0.39, 0.29) is 5.97 Å². The monoisotopic (exact) mass is 143 g/mol. The average molecular weight is 143 g/mol. The van der Waals surface area contributed by atoms with Gasteiger partial charge in [0.1, 0.15) is 5.71 Å². The maximum atomic E-state index is 10.8. The van der Waals surface area contributed by atoms with E-state index in [4.69, 9.17) is 0 Å². The molecule has 0 amide bonds. The highest BCUT2D eigenvalue weighted by molar-refractivity contribution is 6.35. The molecule has 0 aliphatic carbocycles. The van der Waals surface area contributed by atoms with Crippen molar-refractivity contribution in [2.75, 3.05) is 13.2 Å². The molecule has 0 atom stereocenters. The summed E-state index contributed by atoms with van der Waals surface area (Å²) in [5.74, 6) is -0.315. The molecule has 0 bridgehead atoms. The Morgan fingerprint density at radius 3 is 2.50 bits per heavy atom. The van der Waals surface area contributed by atoms with Gasteiger partial charge in [-0.2, -0.15) is 0 Å². The van der Waals surface area contributed by atoms with Crippen molar-refractivity contribution < 1.29 is 9.53 Å². The van der Waals surface area contributed by atoms with Gasteiger partial charge in [-0.1, -0.05) is 0 Å². The highest BCUT2D eigenvalue weighted by Crippen LogP contribution is 1.83. The van der Waals surface area contributed by atoms with E-state index in [1.165, 1.54) is 0 Å². The largest absolute Gasteiger partial charge is 0.462 e. The van der Waals surface area contributed by atoms with Crippen LogP contribution in [0.3, 0.4) is 0 Å². The number of hydrogen-bond donors (Lipinski definition) is 0. The molecule has 0 aromatic heterocycles. The number of aliphatic imine (C=N–C) groups is 1. The molecule has 10 heavy (non-hydrogen) atoms. The van der Waals surface area contributed by atoms with Gasteiger partial charge in [-0.15, -0.1) is 0 Å². The molecule has 0 aliphatic rings. The maximum Gasteiger partial charge on any atom is 0.351 e. The molecule has 0 rings (SSSR count). The Bertz CT molecular complexity index is 141. The van der Waals surface area contributed by atoms with Gasteiger partial charge in [0.05, 0.1) is 6.61 Å². The molecular formula is C7H13NO2. The van der Waals surface area contributed by atoms with E-state index in [9.17, 15) is 4.79 Å². The van der Waals surface area contributed by atoms with Gasteiger partial charge in [-0.25, -0.2) is 4.79 Å². The molecule has 0 unspecified atom stereocenters. The number of ether oxygens (including phenoxy) is 1. The third kappa shape index (κ3) is 3.22. The Kier molecular flexibility index (Phi) is 4.54. The van der Waals surface area contributed by atoms with Gasteiger partial charge in [0, 0.05) is 6.54 Å². The van der Waals surface area contributed by atoms with Crippen LogP contribution in [0.15, 0.2) is 4.99 Å². The fraction of sp³-hybridized carbons (Fsp3) is 0.714.